The number of amides is 1. The van der Waals surface area contributed by atoms with Gasteiger partial charge in [0.25, 0.3) is 0 Å². The number of hydrogen-bond acceptors (Lipinski definition) is 5. The van der Waals surface area contributed by atoms with E-state index in [4.69, 9.17) is 4.74 Å². The van der Waals surface area contributed by atoms with Crippen LogP contribution in [0.3, 0.4) is 0 Å². The number of ether oxygens (including phenoxy) is 1. The first kappa shape index (κ1) is 27.1. The lowest BCUT2D eigenvalue weighted by Gasteiger charge is -2.26. The predicted molar refractivity (Wildman–Crippen MR) is 147 cm³/mol. The van der Waals surface area contributed by atoms with Crippen molar-refractivity contribution in [3.63, 3.8) is 0 Å². The molecule has 1 N–H and O–H groups in total. The van der Waals surface area contributed by atoms with Crippen molar-refractivity contribution in [2.75, 3.05) is 45.1 Å². The highest BCUT2D eigenvalue weighted by Gasteiger charge is 2.12. The first-order chi connectivity index (χ1) is 16.8. The molecule has 1 atom stereocenters. The molecule has 4 nitrogen and oxygen atoms in total. The van der Waals surface area contributed by atoms with E-state index in [-0.39, 0.29) is 5.91 Å². The highest BCUT2D eigenvalue weighted by atomic mass is 32.2. The molecule has 1 saturated heterocycles. The number of thioether (sulfide) groups is 2. The summed E-state index contributed by atoms with van der Waals surface area (Å²) in [5, 5.41) is 3.74. The lowest BCUT2D eigenvalue weighted by molar-refractivity contribution is -0.121. The molecule has 1 amide bonds. The fraction of sp³-hybridized carbons (Fsp3) is 0.536. The molecule has 0 saturated carbocycles. The highest BCUT2D eigenvalue weighted by Crippen LogP contribution is 2.27. The van der Waals surface area contributed by atoms with Crippen LogP contribution in [-0.2, 0) is 21.0 Å². The fourth-order valence-electron chi connectivity index (χ4n) is 4.00. The van der Waals surface area contributed by atoms with E-state index in [1.807, 2.05) is 11.8 Å². The lowest BCUT2D eigenvalue weighted by Crippen LogP contribution is -2.41. The molecule has 1 heterocycles. The number of carbonyl (C=O) groups is 1. The third-order valence-electron chi connectivity index (χ3n) is 6.06. The number of carbonyl (C=O) groups excluding carboxylic acids is 1. The van der Waals surface area contributed by atoms with E-state index >= 15 is 0 Å². The van der Waals surface area contributed by atoms with Gasteiger partial charge in [-0.3, -0.25) is 9.69 Å². The first-order valence-corrected chi connectivity index (χ1v) is 14.8. The molecule has 3 rings (SSSR count). The summed E-state index contributed by atoms with van der Waals surface area (Å²) in [6.07, 6.45) is 5.14. The molecule has 1 fully saturated rings. The fourth-order valence-corrected chi connectivity index (χ4v) is 6.41. The summed E-state index contributed by atoms with van der Waals surface area (Å²) in [5.74, 6) is 3.53. The number of nitrogens with one attached hydrogen (secondary N) is 1. The van der Waals surface area contributed by atoms with Crippen LogP contribution in [0, 0.1) is 0 Å². The lowest BCUT2D eigenvalue weighted by atomic mass is 10.1. The van der Waals surface area contributed by atoms with Gasteiger partial charge < -0.3 is 10.1 Å². The monoisotopic (exact) mass is 500 g/mol. The quantitative estimate of drug-likeness (QED) is 0.303. The molecule has 34 heavy (non-hydrogen) atoms. The van der Waals surface area contributed by atoms with E-state index in [1.165, 1.54) is 29.7 Å². The SMILES string of the molecule is O=C(CCCCC(CCSCc1ccccc1)SCc1ccccc1)NCCN1CCOCC1. The van der Waals surface area contributed by atoms with Crippen molar-refractivity contribution in [2.45, 2.75) is 48.9 Å². The van der Waals surface area contributed by atoms with Crippen LogP contribution in [0.5, 0.6) is 0 Å². The Hall–Kier alpha value is -1.47. The van der Waals surface area contributed by atoms with Gasteiger partial charge in [-0.15, -0.1) is 0 Å². The van der Waals surface area contributed by atoms with Gasteiger partial charge in [0.2, 0.25) is 5.91 Å². The van der Waals surface area contributed by atoms with E-state index in [0.717, 1.165) is 63.7 Å². The maximum absolute atomic E-state index is 12.2. The Morgan fingerprint density at radius 1 is 0.912 bits per heavy atom. The van der Waals surface area contributed by atoms with Crippen molar-refractivity contribution in [1.82, 2.24) is 10.2 Å². The standard InChI is InChI=1S/C28H40N2O2S2/c31-28(29-16-17-30-18-20-32-21-19-30)14-8-7-13-27(34-24-26-11-5-2-6-12-26)15-22-33-23-25-9-3-1-4-10-25/h1-6,9-12,27H,7-8,13-24H2,(H,29,31). The number of hydrogen-bond donors (Lipinski definition) is 1. The molecule has 6 heteroatoms. The molecule has 186 valence electrons. The summed E-state index contributed by atoms with van der Waals surface area (Å²) in [6, 6.07) is 21.5. The molecule has 0 bridgehead atoms. The van der Waals surface area contributed by atoms with Gasteiger partial charge in [-0.05, 0) is 36.1 Å². The van der Waals surface area contributed by atoms with Gasteiger partial charge in [-0.2, -0.15) is 23.5 Å². The van der Waals surface area contributed by atoms with Gasteiger partial charge >= 0.3 is 0 Å². The van der Waals surface area contributed by atoms with E-state index < -0.39 is 0 Å². The number of morpholine rings is 1. The molecule has 0 radical (unpaired) electrons. The van der Waals surface area contributed by atoms with Crippen LogP contribution >= 0.6 is 23.5 Å². The Bertz CT molecular complexity index is 786. The number of benzene rings is 2. The molecule has 2 aromatic rings. The van der Waals surface area contributed by atoms with Gasteiger partial charge in [0, 0.05) is 49.4 Å². The van der Waals surface area contributed by atoms with Crippen molar-refractivity contribution in [3.05, 3.63) is 71.8 Å². The third-order valence-corrected chi connectivity index (χ3v) is 8.56. The maximum atomic E-state index is 12.2. The molecule has 0 spiro atoms. The van der Waals surface area contributed by atoms with E-state index in [0.29, 0.717) is 11.7 Å². The van der Waals surface area contributed by atoms with Gasteiger partial charge in [-0.25, -0.2) is 0 Å². The molecular formula is C28H40N2O2S2. The van der Waals surface area contributed by atoms with Crippen LogP contribution in [0.2, 0.25) is 0 Å². The highest BCUT2D eigenvalue weighted by molar-refractivity contribution is 7.99. The molecule has 0 aromatic heterocycles. The number of unbranched alkanes of at least 4 members (excludes halogenated alkanes) is 1. The Morgan fingerprint density at radius 3 is 2.29 bits per heavy atom. The second-order valence-electron chi connectivity index (χ2n) is 8.80. The average molecular weight is 501 g/mol. The van der Waals surface area contributed by atoms with Gasteiger partial charge in [0.15, 0.2) is 0 Å². The zero-order chi connectivity index (χ0) is 23.7. The van der Waals surface area contributed by atoms with Crippen molar-refractivity contribution >= 4 is 29.4 Å². The zero-order valence-electron chi connectivity index (χ0n) is 20.3. The summed E-state index contributed by atoms with van der Waals surface area (Å²) in [6.45, 7) is 5.23. The largest absolute Gasteiger partial charge is 0.379 e. The minimum absolute atomic E-state index is 0.195. The van der Waals surface area contributed by atoms with Crippen LogP contribution in [0.25, 0.3) is 0 Å². The summed E-state index contributed by atoms with van der Waals surface area (Å²) < 4.78 is 5.37. The van der Waals surface area contributed by atoms with Crippen molar-refractivity contribution in [1.29, 1.82) is 0 Å². The number of rotatable bonds is 16. The first-order valence-electron chi connectivity index (χ1n) is 12.6. The molecule has 1 aliphatic heterocycles. The Labute approximate surface area is 214 Å². The Balaban J connectivity index is 1.31. The van der Waals surface area contributed by atoms with E-state index in [1.54, 1.807) is 0 Å². The minimum atomic E-state index is 0.195. The van der Waals surface area contributed by atoms with Crippen LogP contribution < -0.4 is 5.32 Å². The number of nitrogens with zero attached hydrogens (tertiary/aromatic N) is 1. The average Bonchev–Trinajstić information content (AvgIpc) is 2.89. The summed E-state index contributed by atoms with van der Waals surface area (Å²) in [4.78, 5) is 14.6. The maximum Gasteiger partial charge on any atom is 0.220 e. The molecular weight excluding hydrogens is 460 g/mol. The Morgan fingerprint density at radius 2 is 1.59 bits per heavy atom. The second kappa shape index (κ2) is 17.0. The summed E-state index contributed by atoms with van der Waals surface area (Å²) in [5.41, 5.74) is 2.80. The van der Waals surface area contributed by atoms with Crippen molar-refractivity contribution in [3.8, 4) is 0 Å². The van der Waals surface area contributed by atoms with Crippen molar-refractivity contribution < 1.29 is 9.53 Å². The van der Waals surface area contributed by atoms with Gasteiger partial charge in [0.05, 0.1) is 13.2 Å². The van der Waals surface area contributed by atoms with Gasteiger partial charge in [-0.1, -0.05) is 67.1 Å². The molecule has 1 aliphatic rings. The van der Waals surface area contributed by atoms with Gasteiger partial charge in [0.1, 0.15) is 0 Å². The third kappa shape index (κ3) is 11.8. The van der Waals surface area contributed by atoms with E-state index in [2.05, 4.69) is 82.6 Å². The minimum Gasteiger partial charge on any atom is -0.379 e. The Kier molecular flexibility index (Phi) is 13.6. The topological polar surface area (TPSA) is 41.6 Å². The van der Waals surface area contributed by atoms with Crippen LogP contribution in [0.4, 0.5) is 0 Å². The van der Waals surface area contributed by atoms with Crippen LogP contribution in [0.15, 0.2) is 60.7 Å². The molecule has 1 unspecified atom stereocenters. The second-order valence-corrected chi connectivity index (χ2v) is 11.2. The van der Waals surface area contributed by atoms with Crippen molar-refractivity contribution in [2.24, 2.45) is 0 Å². The zero-order valence-corrected chi connectivity index (χ0v) is 22.0. The normalized spacial score (nSPS) is 15.2. The summed E-state index contributed by atoms with van der Waals surface area (Å²) in [7, 11) is 0. The van der Waals surface area contributed by atoms with Crippen LogP contribution in [0.1, 0.15) is 43.2 Å². The smallest absolute Gasteiger partial charge is 0.220 e. The summed E-state index contributed by atoms with van der Waals surface area (Å²) >= 11 is 4.11. The predicted octanol–water partition coefficient (Wildman–Crippen LogP) is 5.62. The molecule has 0 aliphatic carbocycles. The van der Waals surface area contributed by atoms with E-state index in [9.17, 15) is 4.79 Å². The van der Waals surface area contributed by atoms with Crippen LogP contribution in [-0.4, -0.2) is 61.2 Å². The molecule has 2 aromatic carbocycles.